The molecule has 1 aliphatic heterocycles. The quantitative estimate of drug-likeness (QED) is 0.845. The molecule has 1 atom stereocenters. The summed E-state index contributed by atoms with van der Waals surface area (Å²) in [6.45, 7) is 3.74. The lowest BCUT2D eigenvalue weighted by Crippen LogP contribution is -2.52. The normalized spacial score (nSPS) is 20.9. The zero-order chi connectivity index (χ0) is 13.3. The molecular weight excluding hydrogens is 375 g/mol. The Kier molecular flexibility index (Phi) is 6.10. The van der Waals surface area contributed by atoms with Gasteiger partial charge in [-0.1, -0.05) is 11.6 Å². The fraction of sp³-hybridized carbons (Fsp3) is 0.455. The standard InChI is InChI=1S/C11H14BrClN2O2S.ClH/c1-8-7-14-4-5-15(8)18(16,17)9-2-3-11(13)10(12)6-9;/h2-3,6,8,14H,4-5,7H2,1H3;1H/t8-;/m1./s1. The first-order valence-corrected chi connectivity index (χ1v) is 8.21. The van der Waals surface area contributed by atoms with E-state index in [0.717, 1.165) is 0 Å². The molecule has 1 aromatic carbocycles. The molecule has 1 aromatic rings. The van der Waals surface area contributed by atoms with E-state index in [2.05, 4.69) is 21.2 Å². The van der Waals surface area contributed by atoms with Crippen molar-refractivity contribution in [1.82, 2.24) is 9.62 Å². The van der Waals surface area contributed by atoms with Crippen LogP contribution in [0.25, 0.3) is 0 Å². The zero-order valence-electron chi connectivity index (χ0n) is 10.3. The number of nitrogens with zero attached hydrogens (tertiary/aromatic N) is 1. The van der Waals surface area contributed by atoms with Crippen LogP contribution in [-0.4, -0.2) is 38.4 Å². The van der Waals surface area contributed by atoms with Gasteiger partial charge in [-0.05, 0) is 41.1 Å². The number of hydrogen-bond acceptors (Lipinski definition) is 3. The Hall–Kier alpha value is 0.150. The molecule has 0 saturated carbocycles. The second-order valence-electron chi connectivity index (χ2n) is 4.24. The number of rotatable bonds is 2. The van der Waals surface area contributed by atoms with Gasteiger partial charge in [0.15, 0.2) is 0 Å². The number of benzene rings is 1. The first-order valence-electron chi connectivity index (χ1n) is 5.60. The van der Waals surface area contributed by atoms with E-state index in [1.54, 1.807) is 12.1 Å². The van der Waals surface area contributed by atoms with Crippen LogP contribution < -0.4 is 5.32 Å². The van der Waals surface area contributed by atoms with E-state index >= 15 is 0 Å². The highest BCUT2D eigenvalue weighted by molar-refractivity contribution is 9.10. The molecular formula is C11H15BrCl2N2O2S. The van der Waals surface area contributed by atoms with E-state index in [4.69, 9.17) is 11.6 Å². The minimum absolute atomic E-state index is 0. The third-order valence-corrected chi connectivity index (χ3v) is 6.16. The molecule has 1 aliphatic rings. The summed E-state index contributed by atoms with van der Waals surface area (Å²) in [6, 6.07) is 4.63. The van der Waals surface area contributed by atoms with Crippen LogP contribution in [0.15, 0.2) is 27.6 Å². The van der Waals surface area contributed by atoms with Gasteiger partial charge in [0, 0.05) is 30.1 Å². The molecule has 0 aliphatic carbocycles. The maximum atomic E-state index is 12.5. The molecule has 4 nitrogen and oxygen atoms in total. The maximum Gasteiger partial charge on any atom is 0.243 e. The van der Waals surface area contributed by atoms with Crippen LogP contribution in [-0.2, 0) is 10.0 Å². The van der Waals surface area contributed by atoms with Gasteiger partial charge in [-0.3, -0.25) is 0 Å². The van der Waals surface area contributed by atoms with Crippen molar-refractivity contribution in [1.29, 1.82) is 0 Å². The summed E-state index contributed by atoms with van der Waals surface area (Å²) in [4.78, 5) is 0.271. The minimum Gasteiger partial charge on any atom is -0.314 e. The van der Waals surface area contributed by atoms with Crippen LogP contribution in [0.2, 0.25) is 5.02 Å². The van der Waals surface area contributed by atoms with E-state index in [1.165, 1.54) is 10.4 Å². The van der Waals surface area contributed by atoms with E-state index in [9.17, 15) is 8.42 Å². The van der Waals surface area contributed by atoms with Crippen LogP contribution in [0, 0.1) is 0 Å². The monoisotopic (exact) mass is 388 g/mol. The smallest absolute Gasteiger partial charge is 0.243 e. The van der Waals surface area contributed by atoms with E-state index in [-0.39, 0.29) is 23.3 Å². The maximum absolute atomic E-state index is 12.5. The largest absolute Gasteiger partial charge is 0.314 e. The average Bonchev–Trinajstić information content (AvgIpc) is 2.33. The van der Waals surface area contributed by atoms with Gasteiger partial charge in [0.2, 0.25) is 10.0 Å². The molecule has 0 radical (unpaired) electrons. The van der Waals surface area contributed by atoms with Gasteiger partial charge in [-0.15, -0.1) is 12.4 Å². The molecule has 1 heterocycles. The third kappa shape index (κ3) is 3.62. The second kappa shape index (κ2) is 6.74. The highest BCUT2D eigenvalue weighted by Gasteiger charge is 2.31. The molecule has 8 heteroatoms. The Labute approximate surface area is 133 Å². The summed E-state index contributed by atoms with van der Waals surface area (Å²) < 4.78 is 27.1. The molecule has 0 spiro atoms. The Morgan fingerprint density at radius 2 is 2.16 bits per heavy atom. The van der Waals surface area contributed by atoms with Crippen molar-refractivity contribution in [2.24, 2.45) is 0 Å². The van der Waals surface area contributed by atoms with Gasteiger partial charge in [0.25, 0.3) is 0 Å². The van der Waals surface area contributed by atoms with Crippen molar-refractivity contribution < 1.29 is 8.42 Å². The van der Waals surface area contributed by atoms with Crippen molar-refractivity contribution in [3.05, 3.63) is 27.7 Å². The highest BCUT2D eigenvalue weighted by Crippen LogP contribution is 2.27. The number of halogens is 3. The molecule has 1 fully saturated rings. The summed E-state index contributed by atoms with van der Waals surface area (Å²) in [7, 11) is -3.45. The van der Waals surface area contributed by atoms with Gasteiger partial charge in [0.05, 0.1) is 9.92 Å². The van der Waals surface area contributed by atoms with Gasteiger partial charge < -0.3 is 5.32 Å². The van der Waals surface area contributed by atoms with Gasteiger partial charge >= 0.3 is 0 Å². The van der Waals surface area contributed by atoms with Crippen molar-refractivity contribution in [3.8, 4) is 0 Å². The predicted octanol–water partition coefficient (Wildman–Crippen LogP) is 2.51. The molecule has 0 aromatic heterocycles. The molecule has 0 amide bonds. The summed E-state index contributed by atoms with van der Waals surface area (Å²) in [5.74, 6) is 0. The molecule has 19 heavy (non-hydrogen) atoms. The molecule has 1 saturated heterocycles. The second-order valence-corrected chi connectivity index (χ2v) is 7.40. The van der Waals surface area contributed by atoms with E-state index < -0.39 is 10.0 Å². The van der Waals surface area contributed by atoms with Crippen LogP contribution in [0.1, 0.15) is 6.92 Å². The number of piperazine rings is 1. The SMILES string of the molecule is C[C@@H]1CNCCN1S(=O)(=O)c1ccc(Cl)c(Br)c1.Cl. The predicted molar refractivity (Wildman–Crippen MR) is 82.6 cm³/mol. The van der Waals surface area contributed by atoms with Gasteiger partial charge in [0.1, 0.15) is 0 Å². The molecule has 2 rings (SSSR count). The lowest BCUT2D eigenvalue weighted by Gasteiger charge is -2.32. The van der Waals surface area contributed by atoms with Gasteiger partial charge in [-0.2, -0.15) is 4.31 Å². The summed E-state index contributed by atoms with van der Waals surface area (Å²) >= 11 is 9.13. The summed E-state index contributed by atoms with van der Waals surface area (Å²) in [5, 5.41) is 3.67. The fourth-order valence-electron chi connectivity index (χ4n) is 1.95. The third-order valence-electron chi connectivity index (χ3n) is 2.94. The fourth-order valence-corrected chi connectivity index (χ4v) is 4.26. The van der Waals surface area contributed by atoms with Crippen molar-refractivity contribution in [3.63, 3.8) is 0 Å². The Bertz CT molecular complexity index is 554. The van der Waals surface area contributed by atoms with Crippen LogP contribution in [0.5, 0.6) is 0 Å². The van der Waals surface area contributed by atoms with E-state index in [0.29, 0.717) is 29.1 Å². The number of sulfonamides is 1. The topological polar surface area (TPSA) is 49.4 Å². The lowest BCUT2D eigenvalue weighted by atomic mass is 10.3. The lowest BCUT2D eigenvalue weighted by molar-refractivity contribution is 0.284. The minimum atomic E-state index is -3.45. The Morgan fingerprint density at radius 1 is 1.47 bits per heavy atom. The van der Waals surface area contributed by atoms with Crippen molar-refractivity contribution in [2.45, 2.75) is 17.9 Å². The molecule has 0 unspecified atom stereocenters. The van der Waals surface area contributed by atoms with Crippen LogP contribution in [0.4, 0.5) is 0 Å². The van der Waals surface area contributed by atoms with Crippen molar-refractivity contribution >= 4 is 50.0 Å². The van der Waals surface area contributed by atoms with E-state index in [1.807, 2.05) is 6.92 Å². The van der Waals surface area contributed by atoms with Crippen LogP contribution >= 0.6 is 39.9 Å². The summed E-state index contributed by atoms with van der Waals surface area (Å²) in [5.41, 5.74) is 0. The number of hydrogen-bond donors (Lipinski definition) is 1. The first-order chi connectivity index (χ1) is 8.43. The first kappa shape index (κ1) is 17.2. The highest BCUT2D eigenvalue weighted by atomic mass is 79.9. The zero-order valence-corrected chi connectivity index (χ0v) is 14.2. The molecule has 0 bridgehead atoms. The Balaban J connectivity index is 0.00000180. The van der Waals surface area contributed by atoms with Crippen LogP contribution in [0.3, 0.4) is 0 Å². The van der Waals surface area contributed by atoms with Crippen molar-refractivity contribution in [2.75, 3.05) is 19.6 Å². The Morgan fingerprint density at radius 3 is 2.74 bits per heavy atom. The average molecular weight is 390 g/mol. The molecule has 108 valence electrons. The molecule has 1 N–H and O–H groups in total. The van der Waals surface area contributed by atoms with Gasteiger partial charge in [-0.25, -0.2) is 8.42 Å². The summed E-state index contributed by atoms with van der Waals surface area (Å²) in [6.07, 6.45) is 0. The number of nitrogens with one attached hydrogen (secondary N) is 1.